The summed E-state index contributed by atoms with van der Waals surface area (Å²) in [4.78, 5) is 12.0. The number of hydrogen-bond acceptors (Lipinski definition) is 3. The van der Waals surface area contributed by atoms with Crippen LogP contribution in [0.4, 0.5) is 0 Å². The molecule has 2 aliphatic carbocycles. The standard InChI is InChI=1S/C15H17BrN2O2/c16-10-5-6-13(19)9(7-10)8-17-18-15(20)14-11-3-1-2-4-12(11)14/h5-8,11-12,14,19H,1-4H2,(H,18,20). The van der Waals surface area contributed by atoms with E-state index in [0.717, 1.165) is 4.47 Å². The fourth-order valence-electron chi connectivity index (χ4n) is 3.25. The predicted octanol–water partition coefficient (Wildman–Crippen LogP) is 3.04. The number of benzene rings is 1. The molecule has 1 aromatic carbocycles. The lowest BCUT2D eigenvalue weighted by molar-refractivity contribution is -0.122. The number of hydrazone groups is 1. The third-order valence-electron chi connectivity index (χ3n) is 4.33. The summed E-state index contributed by atoms with van der Waals surface area (Å²) < 4.78 is 0.858. The summed E-state index contributed by atoms with van der Waals surface area (Å²) in [6.45, 7) is 0. The van der Waals surface area contributed by atoms with Crippen LogP contribution >= 0.6 is 15.9 Å². The number of halogens is 1. The Bertz CT molecular complexity index is 547. The SMILES string of the molecule is O=C(NN=Cc1cc(Br)ccc1O)C1C2CCCCC21. The van der Waals surface area contributed by atoms with Crippen molar-refractivity contribution in [3.63, 3.8) is 0 Å². The maximum atomic E-state index is 12.0. The van der Waals surface area contributed by atoms with Crippen molar-refractivity contribution in [2.75, 3.05) is 0 Å². The van der Waals surface area contributed by atoms with E-state index in [0.29, 0.717) is 17.4 Å². The fraction of sp³-hybridized carbons (Fsp3) is 0.467. The summed E-state index contributed by atoms with van der Waals surface area (Å²) >= 11 is 3.33. The van der Waals surface area contributed by atoms with Gasteiger partial charge in [-0.2, -0.15) is 5.10 Å². The van der Waals surface area contributed by atoms with Gasteiger partial charge in [0.2, 0.25) is 5.91 Å². The van der Waals surface area contributed by atoms with Gasteiger partial charge in [0.25, 0.3) is 0 Å². The summed E-state index contributed by atoms with van der Waals surface area (Å²) in [5.41, 5.74) is 3.18. The van der Waals surface area contributed by atoms with E-state index in [2.05, 4.69) is 26.5 Å². The molecule has 2 N–H and O–H groups in total. The Balaban J connectivity index is 1.58. The Morgan fingerprint density at radius 2 is 2.05 bits per heavy atom. The Morgan fingerprint density at radius 3 is 2.75 bits per heavy atom. The number of fused-ring (bicyclic) bond motifs is 1. The van der Waals surface area contributed by atoms with Gasteiger partial charge in [-0.1, -0.05) is 28.8 Å². The van der Waals surface area contributed by atoms with Gasteiger partial charge >= 0.3 is 0 Å². The maximum absolute atomic E-state index is 12.0. The number of phenolic OH excluding ortho intramolecular Hbond substituents is 1. The summed E-state index contributed by atoms with van der Waals surface area (Å²) in [7, 11) is 0. The lowest BCUT2D eigenvalue weighted by Gasteiger charge is -2.04. The molecule has 2 unspecified atom stereocenters. The summed E-state index contributed by atoms with van der Waals surface area (Å²) in [5.74, 6) is 1.49. The lowest BCUT2D eigenvalue weighted by Crippen LogP contribution is -2.20. The van der Waals surface area contributed by atoms with E-state index >= 15 is 0 Å². The normalized spacial score (nSPS) is 28.1. The molecule has 1 aromatic rings. The monoisotopic (exact) mass is 336 g/mol. The second-order valence-electron chi connectivity index (χ2n) is 5.58. The average molecular weight is 337 g/mol. The highest BCUT2D eigenvalue weighted by molar-refractivity contribution is 9.10. The van der Waals surface area contributed by atoms with Crippen molar-refractivity contribution in [1.82, 2.24) is 5.43 Å². The molecule has 0 bridgehead atoms. The minimum atomic E-state index is 0.0210. The number of nitrogens with one attached hydrogen (secondary N) is 1. The van der Waals surface area contributed by atoms with Gasteiger partial charge in [-0.3, -0.25) is 4.79 Å². The van der Waals surface area contributed by atoms with Crippen molar-refractivity contribution in [3.05, 3.63) is 28.2 Å². The van der Waals surface area contributed by atoms with Crippen molar-refractivity contribution >= 4 is 28.1 Å². The van der Waals surface area contributed by atoms with Crippen LogP contribution in [-0.4, -0.2) is 17.2 Å². The van der Waals surface area contributed by atoms with Crippen molar-refractivity contribution in [1.29, 1.82) is 0 Å². The first-order valence-electron chi connectivity index (χ1n) is 6.98. The van der Waals surface area contributed by atoms with Crippen LogP contribution in [0.2, 0.25) is 0 Å². The molecule has 0 aliphatic heterocycles. The molecule has 1 amide bonds. The molecule has 0 radical (unpaired) electrons. The Hall–Kier alpha value is -1.36. The molecule has 20 heavy (non-hydrogen) atoms. The van der Waals surface area contributed by atoms with Gasteiger partial charge < -0.3 is 5.11 Å². The van der Waals surface area contributed by atoms with Gasteiger partial charge in [0, 0.05) is 16.0 Å². The van der Waals surface area contributed by atoms with Crippen LogP contribution in [0.15, 0.2) is 27.8 Å². The first-order chi connectivity index (χ1) is 9.66. The van der Waals surface area contributed by atoms with E-state index in [4.69, 9.17) is 0 Å². The third-order valence-corrected chi connectivity index (χ3v) is 4.82. The van der Waals surface area contributed by atoms with Gasteiger partial charge in [-0.25, -0.2) is 5.43 Å². The zero-order chi connectivity index (χ0) is 14.1. The van der Waals surface area contributed by atoms with E-state index < -0.39 is 0 Å². The zero-order valence-electron chi connectivity index (χ0n) is 11.1. The molecule has 5 heteroatoms. The minimum Gasteiger partial charge on any atom is -0.507 e. The summed E-state index contributed by atoms with van der Waals surface area (Å²) in [6.07, 6.45) is 6.34. The van der Waals surface area contributed by atoms with Crippen LogP contribution in [0.25, 0.3) is 0 Å². The molecule has 2 aliphatic rings. The minimum absolute atomic E-state index is 0.0210. The van der Waals surface area contributed by atoms with Gasteiger partial charge in [0.15, 0.2) is 0 Å². The Labute approximate surface area is 126 Å². The number of aromatic hydroxyl groups is 1. The second-order valence-corrected chi connectivity index (χ2v) is 6.49. The molecule has 0 saturated heterocycles. The first-order valence-corrected chi connectivity index (χ1v) is 7.77. The fourth-order valence-corrected chi connectivity index (χ4v) is 3.63. The van der Waals surface area contributed by atoms with Gasteiger partial charge in [0.1, 0.15) is 5.75 Å². The zero-order valence-corrected chi connectivity index (χ0v) is 12.6. The predicted molar refractivity (Wildman–Crippen MR) is 80.5 cm³/mol. The van der Waals surface area contributed by atoms with Crippen LogP contribution < -0.4 is 5.43 Å². The van der Waals surface area contributed by atoms with Crippen LogP contribution in [0, 0.1) is 17.8 Å². The first kappa shape index (κ1) is 13.6. The van der Waals surface area contributed by atoms with Crippen molar-refractivity contribution in [2.45, 2.75) is 25.7 Å². The molecule has 2 fully saturated rings. The lowest BCUT2D eigenvalue weighted by atomic mass is 10.0. The van der Waals surface area contributed by atoms with E-state index in [9.17, 15) is 9.90 Å². The van der Waals surface area contributed by atoms with Crippen LogP contribution in [0.1, 0.15) is 31.2 Å². The number of amides is 1. The largest absolute Gasteiger partial charge is 0.507 e. The number of phenols is 1. The molecule has 0 spiro atoms. The number of carbonyl (C=O) groups is 1. The molecule has 3 rings (SSSR count). The number of hydrogen-bond donors (Lipinski definition) is 2. The molecule has 0 aromatic heterocycles. The molecular weight excluding hydrogens is 320 g/mol. The van der Waals surface area contributed by atoms with Gasteiger partial charge in [-0.15, -0.1) is 0 Å². The van der Waals surface area contributed by atoms with Crippen LogP contribution in [0.3, 0.4) is 0 Å². The number of nitrogens with zero attached hydrogens (tertiary/aromatic N) is 1. The van der Waals surface area contributed by atoms with E-state index in [-0.39, 0.29) is 17.6 Å². The van der Waals surface area contributed by atoms with Gasteiger partial charge in [0.05, 0.1) is 6.21 Å². The number of rotatable bonds is 3. The summed E-state index contributed by atoms with van der Waals surface area (Å²) in [6, 6.07) is 5.09. The van der Waals surface area contributed by atoms with Crippen molar-refractivity contribution < 1.29 is 9.90 Å². The molecule has 2 atom stereocenters. The van der Waals surface area contributed by atoms with Crippen molar-refractivity contribution in [3.8, 4) is 5.75 Å². The Kier molecular flexibility index (Phi) is 3.78. The maximum Gasteiger partial charge on any atom is 0.243 e. The molecule has 4 nitrogen and oxygen atoms in total. The van der Waals surface area contributed by atoms with Crippen LogP contribution in [0.5, 0.6) is 5.75 Å². The highest BCUT2D eigenvalue weighted by Gasteiger charge is 2.54. The Morgan fingerprint density at radius 1 is 1.35 bits per heavy atom. The average Bonchev–Trinajstić information content (AvgIpc) is 3.17. The molecular formula is C15H17BrN2O2. The van der Waals surface area contributed by atoms with E-state index in [1.807, 2.05) is 0 Å². The van der Waals surface area contributed by atoms with Gasteiger partial charge in [-0.05, 0) is 42.9 Å². The second kappa shape index (κ2) is 5.56. The molecule has 2 saturated carbocycles. The third kappa shape index (κ3) is 2.73. The quantitative estimate of drug-likeness (QED) is 0.658. The van der Waals surface area contributed by atoms with Crippen molar-refractivity contribution in [2.24, 2.45) is 22.9 Å². The van der Waals surface area contributed by atoms with Crippen LogP contribution in [-0.2, 0) is 4.79 Å². The van der Waals surface area contributed by atoms with E-state index in [1.165, 1.54) is 31.9 Å². The molecule has 0 heterocycles. The topological polar surface area (TPSA) is 61.7 Å². The summed E-state index contributed by atoms with van der Waals surface area (Å²) in [5, 5.41) is 13.6. The smallest absolute Gasteiger partial charge is 0.243 e. The van der Waals surface area contributed by atoms with E-state index in [1.54, 1.807) is 18.2 Å². The highest BCUT2D eigenvalue weighted by Crippen LogP contribution is 2.55. The highest BCUT2D eigenvalue weighted by atomic mass is 79.9. The molecule has 106 valence electrons. The number of carbonyl (C=O) groups excluding carboxylic acids is 1.